The van der Waals surface area contributed by atoms with Crippen molar-refractivity contribution in [3.8, 4) is 5.75 Å². The number of hydrogen-bond donors (Lipinski definition) is 0. The Morgan fingerprint density at radius 1 is 1.23 bits per heavy atom. The Morgan fingerprint density at radius 3 is 2.36 bits per heavy atom. The van der Waals surface area contributed by atoms with Crippen LogP contribution in [0.2, 0.25) is 0 Å². The highest BCUT2D eigenvalue weighted by Gasteiger charge is 2.37. The van der Waals surface area contributed by atoms with Crippen LogP contribution in [0.15, 0.2) is 16.9 Å². The maximum absolute atomic E-state index is 12.2. The summed E-state index contributed by atoms with van der Waals surface area (Å²) in [4.78, 5) is 26.1. The fraction of sp³-hybridized carbons (Fsp3) is 0.647. The second-order valence-corrected chi connectivity index (χ2v) is 7.47. The monoisotopic (exact) mass is 304 g/mol. The Morgan fingerprint density at radius 2 is 1.86 bits per heavy atom. The van der Waals surface area contributed by atoms with Crippen LogP contribution in [0.5, 0.6) is 5.75 Å². The van der Waals surface area contributed by atoms with Gasteiger partial charge >= 0.3 is 0 Å². The molecule has 0 N–H and O–H groups in total. The van der Waals surface area contributed by atoms with E-state index in [1.807, 2.05) is 43.2 Å². The second kappa shape index (κ2) is 5.14. The molecule has 1 aromatic rings. The van der Waals surface area contributed by atoms with Crippen molar-refractivity contribution >= 4 is 5.91 Å². The minimum Gasteiger partial charge on any atom is -0.486 e. The molecule has 1 saturated carbocycles. The van der Waals surface area contributed by atoms with Crippen LogP contribution >= 0.6 is 0 Å². The molecule has 1 amide bonds. The van der Waals surface area contributed by atoms with Crippen LogP contribution < -0.4 is 10.3 Å². The van der Waals surface area contributed by atoms with Gasteiger partial charge in [-0.05, 0) is 25.8 Å². The van der Waals surface area contributed by atoms with Gasteiger partial charge in [-0.1, -0.05) is 20.8 Å². The molecule has 2 heterocycles. The third-order valence-electron chi connectivity index (χ3n) is 4.23. The Labute approximate surface area is 130 Å². The molecule has 5 nitrogen and oxygen atoms in total. The molecule has 0 bridgehead atoms. The molecule has 22 heavy (non-hydrogen) atoms. The summed E-state index contributed by atoms with van der Waals surface area (Å²) in [6.07, 6.45) is 2.17. The van der Waals surface area contributed by atoms with Crippen LogP contribution in [0.25, 0.3) is 0 Å². The van der Waals surface area contributed by atoms with E-state index in [1.54, 1.807) is 6.07 Å². The molecule has 5 heteroatoms. The van der Waals surface area contributed by atoms with E-state index in [9.17, 15) is 9.59 Å². The third kappa shape index (κ3) is 2.89. The Hall–Kier alpha value is -1.78. The van der Waals surface area contributed by atoms with Gasteiger partial charge in [0.1, 0.15) is 11.9 Å². The summed E-state index contributed by atoms with van der Waals surface area (Å²) in [6.45, 7) is 8.91. The summed E-state index contributed by atoms with van der Waals surface area (Å²) >= 11 is 0. The van der Waals surface area contributed by atoms with E-state index in [4.69, 9.17) is 4.74 Å². The van der Waals surface area contributed by atoms with Crippen molar-refractivity contribution in [3.63, 3.8) is 0 Å². The average molecular weight is 304 g/mol. The zero-order chi connectivity index (χ0) is 16.1. The lowest BCUT2D eigenvalue weighted by atomic mass is 9.93. The van der Waals surface area contributed by atoms with Crippen LogP contribution in [0.4, 0.5) is 0 Å². The van der Waals surface area contributed by atoms with Gasteiger partial charge in [-0.3, -0.25) is 9.59 Å². The molecule has 0 unspecified atom stereocenters. The van der Waals surface area contributed by atoms with E-state index in [2.05, 4.69) is 0 Å². The molecule has 2 fully saturated rings. The molecule has 1 aromatic heterocycles. The Bertz CT molecular complexity index is 647. The van der Waals surface area contributed by atoms with Crippen molar-refractivity contribution in [2.24, 2.45) is 5.41 Å². The van der Waals surface area contributed by atoms with Gasteiger partial charge in [0.15, 0.2) is 0 Å². The van der Waals surface area contributed by atoms with Crippen molar-refractivity contribution in [2.45, 2.75) is 52.7 Å². The summed E-state index contributed by atoms with van der Waals surface area (Å²) in [5.74, 6) is 0.764. The SMILES string of the molecule is Cc1cc(OC2CN(C(=O)C(C)(C)C)C2)cc(=O)n1C1CC1. The molecule has 0 atom stereocenters. The highest BCUT2D eigenvalue weighted by atomic mass is 16.5. The number of hydrogen-bond acceptors (Lipinski definition) is 3. The van der Waals surface area contributed by atoms with Crippen LogP contribution in [0.1, 0.15) is 45.3 Å². The van der Waals surface area contributed by atoms with Gasteiger partial charge in [0.25, 0.3) is 5.56 Å². The van der Waals surface area contributed by atoms with Crippen molar-refractivity contribution in [1.29, 1.82) is 0 Å². The number of carbonyl (C=O) groups excluding carboxylic acids is 1. The van der Waals surface area contributed by atoms with Crippen LogP contribution in [0.3, 0.4) is 0 Å². The first kappa shape index (κ1) is 15.1. The lowest BCUT2D eigenvalue weighted by Gasteiger charge is -2.42. The van der Waals surface area contributed by atoms with Crippen molar-refractivity contribution in [1.82, 2.24) is 9.47 Å². The molecule has 0 radical (unpaired) electrons. The number of pyridine rings is 1. The van der Waals surface area contributed by atoms with Gasteiger partial charge in [-0.25, -0.2) is 0 Å². The first-order valence-corrected chi connectivity index (χ1v) is 7.95. The highest BCUT2D eigenvalue weighted by molar-refractivity contribution is 5.82. The average Bonchev–Trinajstić information content (AvgIpc) is 3.15. The summed E-state index contributed by atoms with van der Waals surface area (Å²) in [5.41, 5.74) is 0.609. The summed E-state index contributed by atoms with van der Waals surface area (Å²) in [7, 11) is 0. The topological polar surface area (TPSA) is 51.5 Å². The summed E-state index contributed by atoms with van der Waals surface area (Å²) in [5, 5.41) is 0. The molecule has 0 aromatic carbocycles. The van der Waals surface area contributed by atoms with Gasteiger partial charge < -0.3 is 14.2 Å². The number of amides is 1. The van der Waals surface area contributed by atoms with Crippen molar-refractivity contribution in [2.75, 3.05) is 13.1 Å². The molecule has 0 spiro atoms. The lowest BCUT2D eigenvalue weighted by molar-refractivity contribution is -0.148. The van der Waals surface area contributed by atoms with Gasteiger partial charge in [0.05, 0.1) is 13.1 Å². The molecule has 2 aliphatic rings. The molecule has 120 valence electrons. The minimum absolute atomic E-state index is 0.0122. The quantitative estimate of drug-likeness (QED) is 0.859. The summed E-state index contributed by atoms with van der Waals surface area (Å²) < 4.78 is 7.70. The number of carbonyl (C=O) groups is 1. The smallest absolute Gasteiger partial charge is 0.254 e. The van der Waals surface area contributed by atoms with Crippen molar-refractivity contribution in [3.05, 3.63) is 28.2 Å². The first-order chi connectivity index (χ1) is 10.3. The number of likely N-dealkylation sites (tertiary alicyclic amines) is 1. The fourth-order valence-corrected chi connectivity index (χ4v) is 2.90. The highest BCUT2D eigenvalue weighted by Crippen LogP contribution is 2.35. The number of nitrogens with zero attached hydrogens (tertiary/aromatic N) is 2. The molecular formula is C17H24N2O3. The van der Waals surface area contributed by atoms with E-state index < -0.39 is 0 Å². The fourth-order valence-electron chi connectivity index (χ4n) is 2.90. The van der Waals surface area contributed by atoms with E-state index >= 15 is 0 Å². The van der Waals surface area contributed by atoms with Crippen LogP contribution in [0, 0.1) is 12.3 Å². The number of aromatic nitrogens is 1. The van der Waals surface area contributed by atoms with Gasteiger partial charge in [-0.2, -0.15) is 0 Å². The van der Waals surface area contributed by atoms with Crippen LogP contribution in [-0.4, -0.2) is 34.6 Å². The number of ether oxygens (including phenoxy) is 1. The van der Waals surface area contributed by atoms with Crippen molar-refractivity contribution < 1.29 is 9.53 Å². The van der Waals surface area contributed by atoms with Gasteiger partial charge in [0, 0.05) is 23.2 Å². The van der Waals surface area contributed by atoms with E-state index in [1.165, 1.54) is 0 Å². The molecule has 3 rings (SSSR count). The predicted octanol–water partition coefficient (Wildman–Crippen LogP) is 2.13. The normalized spacial score (nSPS) is 19.0. The van der Waals surface area contributed by atoms with Crippen LogP contribution in [-0.2, 0) is 4.79 Å². The number of aryl methyl sites for hydroxylation is 1. The van der Waals surface area contributed by atoms with E-state index in [-0.39, 0.29) is 23.0 Å². The zero-order valence-corrected chi connectivity index (χ0v) is 13.8. The lowest BCUT2D eigenvalue weighted by Crippen LogP contribution is -2.58. The minimum atomic E-state index is -0.355. The standard InChI is InChI=1S/C17H24N2O3/c1-11-7-13(8-15(20)19(11)12-5-6-12)22-14-9-18(10-14)16(21)17(2,3)4/h7-8,12,14H,5-6,9-10H2,1-4H3. The van der Waals surface area contributed by atoms with E-state index in [0.29, 0.717) is 24.9 Å². The maximum atomic E-state index is 12.2. The Balaban J connectivity index is 1.62. The number of rotatable bonds is 3. The summed E-state index contributed by atoms with van der Waals surface area (Å²) in [6, 6.07) is 3.87. The van der Waals surface area contributed by atoms with E-state index in [0.717, 1.165) is 18.5 Å². The first-order valence-electron chi connectivity index (χ1n) is 7.95. The largest absolute Gasteiger partial charge is 0.486 e. The Kier molecular flexibility index (Phi) is 3.54. The van der Waals surface area contributed by atoms with Gasteiger partial charge in [-0.15, -0.1) is 0 Å². The van der Waals surface area contributed by atoms with Gasteiger partial charge in [0.2, 0.25) is 5.91 Å². The molecule has 1 aliphatic heterocycles. The molecule has 1 saturated heterocycles. The maximum Gasteiger partial charge on any atom is 0.254 e. The predicted molar refractivity (Wildman–Crippen MR) is 84.2 cm³/mol. The zero-order valence-electron chi connectivity index (χ0n) is 13.8. The third-order valence-corrected chi connectivity index (χ3v) is 4.23. The molecular weight excluding hydrogens is 280 g/mol. The second-order valence-electron chi connectivity index (χ2n) is 7.47. The molecule has 1 aliphatic carbocycles.